The zero-order valence-electron chi connectivity index (χ0n) is 14.1. The summed E-state index contributed by atoms with van der Waals surface area (Å²) in [5.41, 5.74) is 1.12. The number of para-hydroxylation sites is 1. The van der Waals surface area contributed by atoms with Crippen LogP contribution in [0.15, 0.2) is 30.4 Å². The van der Waals surface area contributed by atoms with Gasteiger partial charge in [0.15, 0.2) is 11.5 Å². The number of nitrogens with zero attached hydrogens (tertiary/aromatic N) is 1. The minimum absolute atomic E-state index is 0.113. The van der Waals surface area contributed by atoms with Gasteiger partial charge >= 0.3 is 0 Å². The first-order valence-electron chi connectivity index (χ1n) is 9.15. The summed E-state index contributed by atoms with van der Waals surface area (Å²) in [5.74, 6) is 2.93. The van der Waals surface area contributed by atoms with Crippen LogP contribution >= 0.6 is 0 Å². The molecule has 0 aromatic heterocycles. The normalized spacial score (nSPS) is 37.3. The van der Waals surface area contributed by atoms with Crippen LogP contribution in [0.1, 0.15) is 24.8 Å². The summed E-state index contributed by atoms with van der Waals surface area (Å²) in [7, 11) is 1.68. The smallest absolute Gasteiger partial charge is 0.165 e. The third kappa shape index (κ3) is 1.99. The van der Waals surface area contributed by atoms with Gasteiger partial charge in [-0.1, -0.05) is 24.3 Å². The van der Waals surface area contributed by atoms with Crippen molar-refractivity contribution in [2.75, 3.05) is 26.7 Å². The van der Waals surface area contributed by atoms with Crippen molar-refractivity contribution in [3.05, 3.63) is 35.9 Å². The molecule has 5 rings (SSSR count). The van der Waals surface area contributed by atoms with Crippen molar-refractivity contribution in [3.63, 3.8) is 0 Å². The Morgan fingerprint density at radius 3 is 3.00 bits per heavy atom. The average Bonchev–Trinajstić information content (AvgIpc) is 3.35. The van der Waals surface area contributed by atoms with E-state index in [1.54, 1.807) is 7.11 Å². The van der Waals surface area contributed by atoms with Crippen LogP contribution in [0, 0.1) is 11.8 Å². The van der Waals surface area contributed by atoms with Gasteiger partial charge in [0, 0.05) is 30.0 Å². The summed E-state index contributed by atoms with van der Waals surface area (Å²) in [6.45, 7) is 3.39. The van der Waals surface area contributed by atoms with E-state index in [-0.39, 0.29) is 11.5 Å². The van der Waals surface area contributed by atoms with Crippen LogP contribution in [-0.2, 0) is 5.41 Å². The van der Waals surface area contributed by atoms with E-state index in [4.69, 9.17) is 9.47 Å². The Labute approximate surface area is 143 Å². The number of rotatable bonds is 3. The van der Waals surface area contributed by atoms with Crippen LogP contribution < -0.4 is 9.47 Å². The largest absolute Gasteiger partial charge is 0.493 e. The molecule has 1 aromatic rings. The molecule has 0 amide bonds. The van der Waals surface area contributed by atoms with E-state index in [1.807, 2.05) is 12.1 Å². The van der Waals surface area contributed by atoms with E-state index >= 15 is 0 Å². The Bertz CT molecular complexity index is 683. The molecule has 0 bridgehead atoms. The van der Waals surface area contributed by atoms with Gasteiger partial charge in [-0.15, -0.1) is 0 Å². The Balaban J connectivity index is 1.55. The maximum absolute atomic E-state index is 10.6. The number of methoxy groups -OCH3 is 1. The van der Waals surface area contributed by atoms with Crippen molar-refractivity contribution < 1.29 is 14.6 Å². The lowest BCUT2D eigenvalue weighted by atomic mass is 9.60. The SMILES string of the molecule is COc1cccc2c1OC1C(O)C=CC3CN(CC4CC4)CCC231. The van der Waals surface area contributed by atoms with Crippen molar-refractivity contribution in [3.8, 4) is 11.5 Å². The fraction of sp³-hybridized carbons (Fsp3) is 0.600. The standard InChI is InChI=1S/C20H25NO3/c1-23-17-4-2-3-15-18(17)24-19-16(22)8-7-14-12-21(11-13-5-6-13)10-9-20(14,15)19/h2-4,7-8,13-14,16,19,22H,5-6,9-12H2,1H3. The van der Waals surface area contributed by atoms with Crippen LogP contribution in [0.2, 0.25) is 0 Å². The Hall–Kier alpha value is -1.52. The molecule has 2 fully saturated rings. The van der Waals surface area contributed by atoms with Crippen molar-refractivity contribution in [1.82, 2.24) is 4.90 Å². The maximum atomic E-state index is 10.6. The Kier molecular flexibility index (Phi) is 3.23. The zero-order valence-corrected chi connectivity index (χ0v) is 14.1. The van der Waals surface area contributed by atoms with Crippen LogP contribution in [0.3, 0.4) is 0 Å². The third-order valence-electron chi connectivity index (χ3n) is 6.48. The molecule has 128 valence electrons. The summed E-state index contributed by atoms with van der Waals surface area (Å²) in [6.07, 6.45) is 7.26. The molecular weight excluding hydrogens is 302 g/mol. The number of hydrogen-bond donors (Lipinski definition) is 1. The van der Waals surface area contributed by atoms with Gasteiger partial charge in [0.1, 0.15) is 12.2 Å². The Morgan fingerprint density at radius 2 is 2.21 bits per heavy atom. The number of ether oxygens (including phenoxy) is 2. The lowest BCUT2D eigenvalue weighted by Gasteiger charge is -2.50. The van der Waals surface area contributed by atoms with Crippen LogP contribution in [0.25, 0.3) is 0 Å². The first-order valence-corrected chi connectivity index (χ1v) is 9.15. The van der Waals surface area contributed by atoms with Gasteiger partial charge in [-0.3, -0.25) is 0 Å². The highest BCUT2D eigenvalue weighted by Gasteiger charge is 2.59. The van der Waals surface area contributed by atoms with Gasteiger partial charge in [0.2, 0.25) is 0 Å². The van der Waals surface area contributed by atoms with Crippen LogP contribution in [0.4, 0.5) is 0 Å². The zero-order chi connectivity index (χ0) is 16.3. The number of hydrogen-bond acceptors (Lipinski definition) is 4. The molecule has 4 nitrogen and oxygen atoms in total. The second-order valence-corrected chi connectivity index (χ2v) is 7.85. The van der Waals surface area contributed by atoms with Gasteiger partial charge in [0.25, 0.3) is 0 Å². The van der Waals surface area contributed by atoms with Crippen molar-refractivity contribution in [1.29, 1.82) is 0 Å². The first-order chi connectivity index (χ1) is 11.7. The molecule has 1 aromatic carbocycles. The number of benzene rings is 1. The van der Waals surface area contributed by atoms with Gasteiger partial charge in [0.05, 0.1) is 7.11 Å². The molecule has 4 aliphatic rings. The fourth-order valence-electron chi connectivity index (χ4n) is 5.09. The van der Waals surface area contributed by atoms with E-state index in [2.05, 4.69) is 23.1 Å². The molecule has 1 saturated heterocycles. The highest BCUT2D eigenvalue weighted by atomic mass is 16.5. The lowest BCUT2D eigenvalue weighted by Crippen LogP contribution is -2.59. The first kappa shape index (κ1) is 14.8. The molecule has 2 aliphatic carbocycles. The molecule has 4 heteroatoms. The number of piperidine rings is 1. The minimum atomic E-state index is -0.548. The maximum Gasteiger partial charge on any atom is 0.165 e. The number of fused-ring (bicyclic) bond motifs is 1. The molecule has 1 N–H and O–H groups in total. The second kappa shape index (κ2) is 5.24. The fourth-order valence-corrected chi connectivity index (χ4v) is 5.09. The molecule has 0 radical (unpaired) electrons. The van der Waals surface area contributed by atoms with Crippen molar-refractivity contribution >= 4 is 0 Å². The van der Waals surface area contributed by atoms with Gasteiger partial charge in [-0.05, 0) is 37.8 Å². The van der Waals surface area contributed by atoms with Crippen molar-refractivity contribution in [2.24, 2.45) is 11.8 Å². The van der Waals surface area contributed by atoms with Gasteiger partial charge in [-0.2, -0.15) is 0 Å². The molecule has 24 heavy (non-hydrogen) atoms. The molecule has 4 unspecified atom stereocenters. The molecule has 4 atom stereocenters. The van der Waals surface area contributed by atoms with E-state index in [0.29, 0.717) is 5.92 Å². The second-order valence-electron chi connectivity index (χ2n) is 7.85. The van der Waals surface area contributed by atoms with Crippen LogP contribution in [0.5, 0.6) is 11.5 Å². The quantitative estimate of drug-likeness (QED) is 0.866. The van der Waals surface area contributed by atoms with Gasteiger partial charge < -0.3 is 19.5 Å². The highest BCUT2D eigenvalue weighted by molar-refractivity contribution is 5.56. The summed E-state index contributed by atoms with van der Waals surface area (Å²) in [4.78, 5) is 2.62. The highest BCUT2D eigenvalue weighted by Crippen LogP contribution is 2.57. The molecule has 1 spiro atoms. The number of aliphatic hydroxyl groups excluding tert-OH is 1. The number of aliphatic hydroxyl groups is 1. The van der Waals surface area contributed by atoms with Crippen LogP contribution in [-0.4, -0.2) is 49.0 Å². The summed E-state index contributed by atoms with van der Waals surface area (Å²) >= 11 is 0. The Morgan fingerprint density at radius 1 is 1.33 bits per heavy atom. The molecule has 1 saturated carbocycles. The van der Waals surface area contributed by atoms with E-state index < -0.39 is 6.10 Å². The van der Waals surface area contributed by atoms with E-state index in [1.165, 1.54) is 24.9 Å². The summed E-state index contributed by atoms with van der Waals surface area (Å²) in [5, 5.41) is 10.6. The minimum Gasteiger partial charge on any atom is -0.493 e. The van der Waals surface area contributed by atoms with Gasteiger partial charge in [-0.25, -0.2) is 0 Å². The van der Waals surface area contributed by atoms with Crippen molar-refractivity contribution in [2.45, 2.75) is 36.9 Å². The summed E-state index contributed by atoms with van der Waals surface area (Å²) in [6, 6.07) is 6.17. The monoisotopic (exact) mass is 327 g/mol. The average molecular weight is 327 g/mol. The predicted molar refractivity (Wildman–Crippen MR) is 91.5 cm³/mol. The lowest BCUT2D eigenvalue weighted by molar-refractivity contribution is -0.0245. The third-order valence-corrected chi connectivity index (χ3v) is 6.48. The molecule has 2 aliphatic heterocycles. The molecule has 2 heterocycles. The van der Waals surface area contributed by atoms with E-state index in [0.717, 1.165) is 36.9 Å². The number of likely N-dealkylation sites (tertiary alicyclic amines) is 1. The summed E-state index contributed by atoms with van der Waals surface area (Å²) < 4.78 is 11.8. The topological polar surface area (TPSA) is 41.9 Å². The van der Waals surface area contributed by atoms with E-state index in [9.17, 15) is 5.11 Å². The molecular formula is C20H25NO3. The predicted octanol–water partition coefficient (Wildman–Crippen LogP) is 2.36.